The Morgan fingerprint density at radius 1 is 1.17 bits per heavy atom. The Morgan fingerprint density at radius 2 is 2.00 bits per heavy atom. The van der Waals surface area contributed by atoms with Crippen molar-refractivity contribution < 1.29 is 4.39 Å². The van der Waals surface area contributed by atoms with Gasteiger partial charge in [0.25, 0.3) is 0 Å². The maximum absolute atomic E-state index is 12.8. The molecule has 0 radical (unpaired) electrons. The summed E-state index contributed by atoms with van der Waals surface area (Å²) in [4.78, 5) is 4.18. The van der Waals surface area contributed by atoms with E-state index in [4.69, 9.17) is 5.26 Å². The van der Waals surface area contributed by atoms with Crippen molar-refractivity contribution in [2.75, 3.05) is 5.32 Å². The van der Waals surface area contributed by atoms with Crippen LogP contribution < -0.4 is 5.32 Å². The van der Waals surface area contributed by atoms with Crippen LogP contribution in [-0.4, -0.2) is 15.2 Å². The lowest BCUT2D eigenvalue weighted by Gasteiger charge is -2.01. The predicted octanol–water partition coefficient (Wildman–Crippen LogP) is 3.71. The van der Waals surface area contributed by atoms with Crippen molar-refractivity contribution >= 4 is 28.2 Å². The smallest absolute Gasteiger partial charge is 0.206 e. The summed E-state index contributed by atoms with van der Waals surface area (Å²) < 4.78 is 13.6. The van der Waals surface area contributed by atoms with E-state index in [9.17, 15) is 4.39 Å². The van der Waals surface area contributed by atoms with Crippen LogP contribution in [0.4, 0.5) is 9.52 Å². The van der Waals surface area contributed by atoms with Crippen LogP contribution in [-0.2, 0) is 6.54 Å². The number of nitriles is 1. The first kappa shape index (κ1) is 15.4. The molecule has 0 saturated heterocycles. The minimum Gasteiger partial charge on any atom is -0.356 e. The summed E-state index contributed by atoms with van der Waals surface area (Å²) in [5.41, 5.74) is 1.33. The number of aromatic nitrogens is 3. The molecular formula is C15H10FN5S2. The second kappa shape index (κ2) is 7.17. The topological polar surface area (TPSA) is 74.5 Å². The highest BCUT2D eigenvalue weighted by Gasteiger charge is 2.07. The van der Waals surface area contributed by atoms with Gasteiger partial charge in [-0.2, -0.15) is 5.26 Å². The van der Waals surface area contributed by atoms with Crippen molar-refractivity contribution in [2.24, 2.45) is 0 Å². The lowest BCUT2D eigenvalue weighted by Crippen LogP contribution is -1.98. The molecule has 0 aliphatic heterocycles. The van der Waals surface area contributed by atoms with Crippen molar-refractivity contribution in [3.63, 3.8) is 0 Å². The van der Waals surface area contributed by atoms with Crippen LogP contribution in [0.1, 0.15) is 11.3 Å². The third kappa shape index (κ3) is 4.25. The van der Waals surface area contributed by atoms with E-state index in [1.54, 1.807) is 24.3 Å². The highest BCUT2D eigenvalue weighted by Crippen LogP contribution is 2.30. The molecule has 0 aliphatic carbocycles. The Kier molecular flexibility index (Phi) is 4.80. The first-order valence-electron chi connectivity index (χ1n) is 6.60. The molecular weight excluding hydrogens is 333 g/mol. The van der Waals surface area contributed by atoms with Gasteiger partial charge in [0.2, 0.25) is 5.13 Å². The van der Waals surface area contributed by atoms with Crippen LogP contribution in [0.3, 0.4) is 0 Å². The van der Waals surface area contributed by atoms with Gasteiger partial charge in [0.1, 0.15) is 22.6 Å². The molecule has 3 rings (SSSR count). The van der Waals surface area contributed by atoms with E-state index in [0.717, 1.165) is 9.90 Å². The fourth-order valence-electron chi connectivity index (χ4n) is 1.73. The van der Waals surface area contributed by atoms with Gasteiger partial charge in [0, 0.05) is 6.54 Å². The zero-order chi connectivity index (χ0) is 16.1. The van der Waals surface area contributed by atoms with Crippen LogP contribution >= 0.6 is 23.1 Å². The Bertz CT molecular complexity index is 842. The molecule has 0 bridgehead atoms. The Morgan fingerprint density at radius 3 is 2.78 bits per heavy atom. The first-order valence-corrected chi connectivity index (χ1v) is 8.23. The quantitative estimate of drug-likeness (QED) is 0.761. The molecule has 0 atom stereocenters. The summed E-state index contributed by atoms with van der Waals surface area (Å²) in [6.45, 7) is 0.543. The molecule has 0 spiro atoms. The number of hydrogen-bond donors (Lipinski definition) is 1. The number of rotatable bonds is 5. The minimum absolute atomic E-state index is 0.254. The van der Waals surface area contributed by atoms with Gasteiger partial charge in [0.05, 0.1) is 0 Å². The summed E-state index contributed by atoms with van der Waals surface area (Å²) in [5.74, 6) is -0.254. The fourth-order valence-corrected chi connectivity index (χ4v) is 3.41. The van der Waals surface area contributed by atoms with E-state index >= 15 is 0 Å². The van der Waals surface area contributed by atoms with Gasteiger partial charge in [-0.05, 0) is 41.6 Å². The summed E-state index contributed by atoms with van der Waals surface area (Å²) in [7, 11) is 0. The van der Waals surface area contributed by atoms with Crippen LogP contribution in [0.2, 0.25) is 0 Å². The van der Waals surface area contributed by atoms with Gasteiger partial charge in [-0.15, -0.1) is 10.2 Å². The summed E-state index contributed by atoms with van der Waals surface area (Å²) >= 11 is 2.75. The maximum atomic E-state index is 12.8. The average molecular weight is 343 g/mol. The highest BCUT2D eigenvalue weighted by atomic mass is 32.2. The van der Waals surface area contributed by atoms with Gasteiger partial charge < -0.3 is 5.32 Å². The first-order chi connectivity index (χ1) is 11.2. The van der Waals surface area contributed by atoms with Crippen molar-refractivity contribution in [3.05, 3.63) is 59.5 Å². The molecule has 114 valence electrons. The standard InChI is InChI=1S/C15H10FN5S2/c16-11-6-4-10(5-7-11)9-18-14-20-21-15(23-14)22-13-3-1-2-12(8-17)19-13/h1-7H,9H2,(H,18,20). The number of anilines is 1. The number of pyridine rings is 1. The lowest BCUT2D eigenvalue weighted by atomic mass is 10.2. The molecule has 0 amide bonds. The van der Waals surface area contributed by atoms with E-state index in [2.05, 4.69) is 20.5 Å². The largest absolute Gasteiger partial charge is 0.356 e. The van der Waals surface area contributed by atoms with Crippen LogP contribution in [0.5, 0.6) is 0 Å². The van der Waals surface area contributed by atoms with Crippen molar-refractivity contribution in [1.82, 2.24) is 15.2 Å². The molecule has 0 saturated carbocycles. The van der Waals surface area contributed by atoms with Crippen molar-refractivity contribution in [1.29, 1.82) is 5.26 Å². The van der Waals surface area contributed by atoms with Gasteiger partial charge in [0.15, 0.2) is 4.34 Å². The lowest BCUT2D eigenvalue weighted by molar-refractivity contribution is 0.627. The van der Waals surface area contributed by atoms with Gasteiger partial charge in [-0.3, -0.25) is 0 Å². The van der Waals surface area contributed by atoms with Gasteiger partial charge >= 0.3 is 0 Å². The molecule has 0 fully saturated rings. The summed E-state index contributed by atoms with van der Waals surface area (Å²) in [6, 6.07) is 13.5. The maximum Gasteiger partial charge on any atom is 0.206 e. The Labute approximate surface area is 140 Å². The third-order valence-corrected chi connectivity index (χ3v) is 4.66. The second-order valence-electron chi connectivity index (χ2n) is 4.43. The summed E-state index contributed by atoms with van der Waals surface area (Å²) in [5, 5.41) is 21.5. The summed E-state index contributed by atoms with van der Waals surface area (Å²) in [6.07, 6.45) is 0. The Hall–Kier alpha value is -2.50. The number of nitrogens with zero attached hydrogens (tertiary/aromatic N) is 4. The molecule has 2 aromatic heterocycles. The zero-order valence-electron chi connectivity index (χ0n) is 11.7. The number of nitrogens with one attached hydrogen (secondary N) is 1. The van der Waals surface area contributed by atoms with Gasteiger partial charge in [-0.1, -0.05) is 29.5 Å². The third-order valence-electron chi connectivity index (χ3n) is 2.79. The monoisotopic (exact) mass is 343 g/mol. The predicted molar refractivity (Wildman–Crippen MR) is 86.7 cm³/mol. The minimum atomic E-state index is -0.254. The van der Waals surface area contributed by atoms with E-state index in [-0.39, 0.29) is 5.82 Å². The fraction of sp³-hybridized carbons (Fsp3) is 0.0667. The molecule has 0 aliphatic rings. The molecule has 1 aromatic carbocycles. The molecule has 8 heteroatoms. The van der Waals surface area contributed by atoms with Crippen LogP contribution in [0, 0.1) is 17.1 Å². The average Bonchev–Trinajstić information content (AvgIpc) is 3.02. The molecule has 5 nitrogen and oxygen atoms in total. The second-order valence-corrected chi connectivity index (χ2v) is 6.67. The number of halogens is 1. The highest BCUT2D eigenvalue weighted by molar-refractivity contribution is 8.01. The molecule has 0 unspecified atom stereocenters. The van der Waals surface area contributed by atoms with E-state index in [1.165, 1.54) is 35.2 Å². The molecule has 3 aromatic rings. The number of hydrogen-bond acceptors (Lipinski definition) is 7. The molecule has 2 heterocycles. The molecule has 1 N–H and O–H groups in total. The Balaban J connectivity index is 1.61. The van der Waals surface area contributed by atoms with E-state index < -0.39 is 0 Å². The van der Waals surface area contributed by atoms with E-state index in [1.807, 2.05) is 12.1 Å². The van der Waals surface area contributed by atoms with Crippen LogP contribution in [0.25, 0.3) is 0 Å². The van der Waals surface area contributed by atoms with Crippen LogP contribution in [0.15, 0.2) is 51.8 Å². The number of benzene rings is 1. The van der Waals surface area contributed by atoms with E-state index in [0.29, 0.717) is 22.4 Å². The zero-order valence-corrected chi connectivity index (χ0v) is 13.4. The van der Waals surface area contributed by atoms with Crippen molar-refractivity contribution in [2.45, 2.75) is 15.9 Å². The normalized spacial score (nSPS) is 10.3. The molecule has 23 heavy (non-hydrogen) atoms. The SMILES string of the molecule is N#Cc1cccc(Sc2nnc(NCc3ccc(F)cc3)s2)n1. The van der Waals surface area contributed by atoms with Gasteiger partial charge in [-0.25, -0.2) is 9.37 Å². The van der Waals surface area contributed by atoms with Crippen molar-refractivity contribution in [3.8, 4) is 6.07 Å².